The molecule has 0 bridgehead atoms. The van der Waals surface area contributed by atoms with Gasteiger partial charge in [-0.3, -0.25) is 24.0 Å². The fourth-order valence-electron chi connectivity index (χ4n) is 3.09. The summed E-state index contributed by atoms with van der Waals surface area (Å²) in [7, 11) is 0. The third-order valence-electron chi connectivity index (χ3n) is 4.18. The number of nitrogen functional groups attached to an aromatic ring is 1. The third kappa shape index (κ3) is 7.26. The summed E-state index contributed by atoms with van der Waals surface area (Å²) < 4.78 is 26.9. The number of anilines is 2. The van der Waals surface area contributed by atoms with Crippen molar-refractivity contribution in [1.29, 1.82) is 0 Å². The molecule has 0 spiro atoms. The van der Waals surface area contributed by atoms with Crippen LogP contribution in [0, 0.1) is 11.8 Å². The van der Waals surface area contributed by atoms with Crippen molar-refractivity contribution >= 4 is 17.4 Å². The first-order chi connectivity index (χ1) is 13.5. The first kappa shape index (κ1) is 24.8. The standard InChI is InChI=1S/C19H33F2N5O3/c1-6-7-24(10-14(20)21)11-15(27)25(8-12(2)3)16-17(22)26(9-13(4)5)19(29)23-18(16)28/h12-14H,6-11,22H2,1-5H3,(H,23,28,29). The van der Waals surface area contributed by atoms with E-state index in [-0.39, 0.29) is 43.0 Å². The van der Waals surface area contributed by atoms with Crippen LogP contribution in [-0.2, 0) is 11.3 Å². The zero-order valence-electron chi connectivity index (χ0n) is 17.9. The summed E-state index contributed by atoms with van der Waals surface area (Å²) in [6.07, 6.45) is -1.97. The minimum atomic E-state index is -2.57. The predicted octanol–water partition coefficient (Wildman–Crippen LogP) is 1.74. The van der Waals surface area contributed by atoms with Gasteiger partial charge in [-0.25, -0.2) is 13.6 Å². The summed E-state index contributed by atoms with van der Waals surface area (Å²) >= 11 is 0. The molecule has 3 N–H and O–H groups in total. The topological polar surface area (TPSA) is 104 Å². The van der Waals surface area contributed by atoms with Gasteiger partial charge in [-0.05, 0) is 24.8 Å². The Balaban J connectivity index is 3.39. The smallest absolute Gasteiger partial charge is 0.330 e. The monoisotopic (exact) mass is 417 g/mol. The molecule has 0 unspecified atom stereocenters. The van der Waals surface area contributed by atoms with Crippen LogP contribution in [0.25, 0.3) is 0 Å². The van der Waals surface area contributed by atoms with E-state index in [1.54, 1.807) is 0 Å². The van der Waals surface area contributed by atoms with Crippen LogP contribution in [0.5, 0.6) is 0 Å². The number of aromatic amines is 1. The van der Waals surface area contributed by atoms with Gasteiger partial charge in [0.1, 0.15) is 5.82 Å². The van der Waals surface area contributed by atoms with Crippen molar-refractivity contribution in [3.05, 3.63) is 20.8 Å². The maximum Gasteiger partial charge on any atom is 0.330 e. The molecule has 1 heterocycles. The molecule has 0 saturated carbocycles. The van der Waals surface area contributed by atoms with Gasteiger partial charge in [-0.15, -0.1) is 0 Å². The minimum absolute atomic E-state index is 0.0158. The van der Waals surface area contributed by atoms with Crippen LogP contribution in [0.4, 0.5) is 20.3 Å². The second-order valence-corrected chi connectivity index (χ2v) is 8.02. The van der Waals surface area contributed by atoms with Crippen LogP contribution in [-0.4, -0.2) is 53.0 Å². The first-order valence-electron chi connectivity index (χ1n) is 9.91. The van der Waals surface area contributed by atoms with E-state index < -0.39 is 30.1 Å². The van der Waals surface area contributed by atoms with Crippen molar-refractivity contribution in [2.45, 2.75) is 54.0 Å². The number of carbonyl (C=O) groups is 1. The normalized spacial score (nSPS) is 11.8. The quantitative estimate of drug-likeness (QED) is 0.571. The second-order valence-electron chi connectivity index (χ2n) is 8.02. The molecule has 29 heavy (non-hydrogen) atoms. The Hall–Kier alpha value is -2.23. The molecule has 0 aliphatic heterocycles. The molecule has 0 saturated heterocycles. The van der Waals surface area contributed by atoms with Crippen LogP contribution in [0.2, 0.25) is 0 Å². The van der Waals surface area contributed by atoms with Gasteiger partial charge in [0.05, 0.1) is 13.1 Å². The highest BCUT2D eigenvalue weighted by Gasteiger charge is 2.27. The van der Waals surface area contributed by atoms with E-state index in [2.05, 4.69) is 4.98 Å². The van der Waals surface area contributed by atoms with Gasteiger partial charge in [0.2, 0.25) is 5.91 Å². The minimum Gasteiger partial charge on any atom is -0.383 e. The summed E-state index contributed by atoms with van der Waals surface area (Å²) in [6, 6.07) is 0. The van der Waals surface area contributed by atoms with Gasteiger partial charge in [0.15, 0.2) is 5.69 Å². The number of nitrogens with zero attached hydrogens (tertiary/aromatic N) is 3. The van der Waals surface area contributed by atoms with Gasteiger partial charge in [-0.2, -0.15) is 0 Å². The number of alkyl halides is 2. The lowest BCUT2D eigenvalue weighted by molar-refractivity contribution is -0.120. The number of nitrogens with one attached hydrogen (secondary N) is 1. The number of hydrogen-bond donors (Lipinski definition) is 2. The summed E-state index contributed by atoms with van der Waals surface area (Å²) in [5.41, 5.74) is 4.61. The molecule has 1 rings (SSSR count). The fraction of sp³-hybridized carbons (Fsp3) is 0.737. The van der Waals surface area contributed by atoms with Crippen LogP contribution in [0.15, 0.2) is 9.59 Å². The zero-order valence-corrected chi connectivity index (χ0v) is 17.9. The Morgan fingerprint density at radius 3 is 2.24 bits per heavy atom. The zero-order chi connectivity index (χ0) is 22.3. The van der Waals surface area contributed by atoms with Gasteiger partial charge >= 0.3 is 5.69 Å². The largest absolute Gasteiger partial charge is 0.383 e. The predicted molar refractivity (Wildman–Crippen MR) is 110 cm³/mol. The summed E-state index contributed by atoms with van der Waals surface area (Å²) in [5.74, 6) is -0.552. The Morgan fingerprint density at radius 1 is 1.14 bits per heavy atom. The highest BCUT2D eigenvalue weighted by Crippen LogP contribution is 2.20. The summed E-state index contributed by atoms with van der Waals surface area (Å²) in [4.78, 5) is 42.5. The molecule has 0 aliphatic rings. The van der Waals surface area contributed by atoms with Crippen molar-refractivity contribution in [3.8, 4) is 0 Å². The lowest BCUT2D eigenvalue weighted by atomic mass is 10.2. The third-order valence-corrected chi connectivity index (χ3v) is 4.18. The highest BCUT2D eigenvalue weighted by atomic mass is 19.3. The van der Waals surface area contributed by atoms with Crippen LogP contribution >= 0.6 is 0 Å². The summed E-state index contributed by atoms with van der Waals surface area (Å²) in [5, 5.41) is 0. The molecule has 0 aromatic carbocycles. The molecule has 10 heteroatoms. The van der Waals surface area contributed by atoms with Crippen LogP contribution in [0.1, 0.15) is 41.0 Å². The number of rotatable bonds is 11. The van der Waals surface area contributed by atoms with Gasteiger partial charge in [0.25, 0.3) is 12.0 Å². The number of H-pyrrole nitrogens is 1. The average Bonchev–Trinajstić information content (AvgIpc) is 2.56. The molecule has 0 atom stereocenters. The number of carbonyl (C=O) groups excluding carboxylic acids is 1. The highest BCUT2D eigenvalue weighted by molar-refractivity contribution is 5.96. The van der Waals surface area contributed by atoms with Gasteiger partial charge in [0, 0.05) is 13.1 Å². The first-order valence-corrected chi connectivity index (χ1v) is 9.91. The molecule has 1 aromatic rings. The second kappa shape index (κ2) is 11.1. The van der Waals surface area contributed by atoms with Gasteiger partial charge < -0.3 is 10.6 Å². The SMILES string of the molecule is CCCN(CC(=O)N(CC(C)C)c1c(N)n(CC(C)C)c(=O)[nH]c1=O)CC(F)F. The number of amides is 1. The Kier molecular flexibility index (Phi) is 9.48. The van der Waals surface area contributed by atoms with Crippen molar-refractivity contribution in [1.82, 2.24) is 14.5 Å². The van der Waals surface area contributed by atoms with Crippen molar-refractivity contribution in [2.24, 2.45) is 11.8 Å². The Morgan fingerprint density at radius 2 is 1.76 bits per heavy atom. The van der Waals surface area contributed by atoms with E-state index in [0.717, 1.165) is 0 Å². The van der Waals surface area contributed by atoms with E-state index in [0.29, 0.717) is 13.0 Å². The van der Waals surface area contributed by atoms with E-state index in [9.17, 15) is 23.2 Å². The van der Waals surface area contributed by atoms with Crippen molar-refractivity contribution < 1.29 is 13.6 Å². The molecule has 0 aliphatic carbocycles. The maximum atomic E-state index is 13.0. The molecule has 0 fully saturated rings. The molecule has 1 amide bonds. The molecule has 0 radical (unpaired) electrons. The van der Waals surface area contributed by atoms with E-state index >= 15 is 0 Å². The van der Waals surface area contributed by atoms with E-state index in [1.165, 1.54) is 14.4 Å². The number of aromatic nitrogens is 2. The Labute approximate surface area is 169 Å². The van der Waals surface area contributed by atoms with Gasteiger partial charge in [-0.1, -0.05) is 34.6 Å². The lowest BCUT2D eigenvalue weighted by Crippen LogP contribution is -2.47. The number of hydrogen-bond acceptors (Lipinski definition) is 5. The maximum absolute atomic E-state index is 13.0. The van der Waals surface area contributed by atoms with Crippen molar-refractivity contribution in [3.63, 3.8) is 0 Å². The van der Waals surface area contributed by atoms with E-state index in [4.69, 9.17) is 5.73 Å². The fourth-order valence-corrected chi connectivity index (χ4v) is 3.09. The molecule has 1 aromatic heterocycles. The molecular weight excluding hydrogens is 384 g/mol. The van der Waals surface area contributed by atoms with Crippen LogP contribution in [0.3, 0.4) is 0 Å². The number of halogens is 2. The van der Waals surface area contributed by atoms with Crippen LogP contribution < -0.4 is 21.9 Å². The lowest BCUT2D eigenvalue weighted by Gasteiger charge is -2.29. The Bertz CT molecular complexity index is 789. The van der Waals surface area contributed by atoms with Crippen molar-refractivity contribution in [2.75, 3.05) is 36.8 Å². The summed E-state index contributed by atoms with van der Waals surface area (Å²) in [6.45, 7) is 9.29. The molecule has 166 valence electrons. The molecule has 8 nitrogen and oxygen atoms in total. The van der Waals surface area contributed by atoms with E-state index in [1.807, 2.05) is 34.6 Å². The molecular formula is C19H33F2N5O3. The number of nitrogens with two attached hydrogens (primary N) is 1. The average molecular weight is 418 g/mol.